The molecule has 0 radical (unpaired) electrons. The van der Waals surface area contributed by atoms with E-state index in [1.54, 1.807) is 7.11 Å². The summed E-state index contributed by atoms with van der Waals surface area (Å²) in [6, 6.07) is 16.1. The van der Waals surface area contributed by atoms with Gasteiger partial charge in [-0.25, -0.2) is 0 Å². The lowest BCUT2D eigenvalue weighted by Crippen LogP contribution is -2.18. The zero-order valence-electron chi connectivity index (χ0n) is 12.9. The third-order valence-electron chi connectivity index (χ3n) is 3.65. The summed E-state index contributed by atoms with van der Waals surface area (Å²) in [5.41, 5.74) is 3.22. The van der Waals surface area contributed by atoms with E-state index in [2.05, 4.69) is 11.0 Å². The fourth-order valence-corrected chi connectivity index (χ4v) is 2.47. The second-order valence-electron chi connectivity index (χ2n) is 5.19. The molecule has 0 unspecified atom stereocenters. The summed E-state index contributed by atoms with van der Waals surface area (Å²) in [6.07, 6.45) is 0.290. The van der Waals surface area contributed by atoms with Gasteiger partial charge in [0.1, 0.15) is 5.75 Å². The van der Waals surface area contributed by atoms with E-state index in [9.17, 15) is 5.11 Å². The van der Waals surface area contributed by atoms with Crippen molar-refractivity contribution in [3.63, 3.8) is 0 Å². The van der Waals surface area contributed by atoms with Crippen LogP contribution in [-0.2, 0) is 6.54 Å². The van der Waals surface area contributed by atoms with E-state index in [1.807, 2.05) is 56.4 Å². The summed E-state index contributed by atoms with van der Waals surface area (Å²) in [5.74, 6) is 0.864. The lowest BCUT2D eigenvalue weighted by atomic mass is 10.0. The van der Waals surface area contributed by atoms with Crippen LogP contribution >= 0.6 is 0 Å². The van der Waals surface area contributed by atoms with Crippen molar-refractivity contribution in [3.8, 4) is 5.75 Å². The Morgan fingerprint density at radius 1 is 1.14 bits per heavy atom. The number of para-hydroxylation sites is 1. The summed E-state index contributed by atoms with van der Waals surface area (Å²) in [5, 5.41) is 10.2. The molecule has 2 aromatic rings. The molecule has 1 atom stereocenters. The lowest BCUT2D eigenvalue weighted by molar-refractivity contribution is 0.174. The van der Waals surface area contributed by atoms with E-state index in [1.165, 1.54) is 5.56 Å². The number of nitrogens with zero attached hydrogens (tertiary/aromatic N) is 1. The van der Waals surface area contributed by atoms with Gasteiger partial charge in [0, 0.05) is 24.8 Å². The zero-order chi connectivity index (χ0) is 15.2. The SMILES string of the molecule is CC[C@@H](O)c1ccccc1N(C)Cc1cccc(OC)c1. The molecule has 0 bridgehead atoms. The molecule has 0 spiro atoms. The van der Waals surface area contributed by atoms with Crippen LogP contribution in [0.2, 0.25) is 0 Å². The van der Waals surface area contributed by atoms with Gasteiger partial charge in [-0.15, -0.1) is 0 Å². The molecule has 3 heteroatoms. The first kappa shape index (κ1) is 15.4. The predicted molar refractivity (Wildman–Crippen MR) is 86.8 cm³/mol. The molecular formula is C18H23NO2. The predicted octanol–water partition coefficient (Wildman–Crippen LogP) is 3.78. The number of hydrogen-bond donors (Lipinski definition) is 1. The minimum atomic E-state index is -0.422. The number of ether oxygens (including phenoxy) is 1. The summed E-state index contributed by atoms with van der Waals surface area (Å²) >= 11 is 0. The highest BCUT2D eigenvalue weighted by atomic mass is 16.5. The Bertz CT molecular complexity index is 583. The molecule has 112 valence electrons. The van der Waals surface area contributed by atoms with Gasteiger partial charge in [0.2, 0.25) is 0 Å². The van der Waals surface area contributed by atoms with Crippen molar-refractivity contribution in [2.75, 3.05) is 19.1 Å². The molecule has 0 aliphatic rings. The van der Waals surface area contributed by atoms with Crippen LogP contribution < -0.4 is 9.64 Å². The number of aliphatic hydroxyl groups excluding tert-OH is 1. The zero-order valence-corrected chi connectivity index (χ0v) is 12.9. The summed E-state index contributed by atoms with van der Waals surface area (Å²) in [4.78, 5) is 2.16. The van der Waals surface area contributed by atoms with Gasteiger partial charge in [-0.1, -0.05) is 37.3 Å². The van der Waals surface area contributed by atoms with Crippen LogP contribution in [0.15, 0.2) is 48.5 Å². The molecule has 0 aliphatic heterocycles. The topological polar surface area (TPSA) is 32.7 Å². The fourth-order valence-electron chi connectivity index (χ4n) is 2.47. The van der Waals surface area contributed by atoms with Crippen molar-refractivity contribution >= 4 is 5.69 Å². The van der Waals surface area contributed by atoms with Gasteiger partial charge >= 0.3 is 0 Å². The number of hydrogen-bond acceptors (Lipinski definition) is 3. The Kier molecular flexibility index (Phi) is 5.23. The Hall–Kier alpha value is -2.00. The molecule has 1 N–H and O–H groups in total. The van der Waals surface area contributed by atoms with Crippen LogP contribution in [-0.4, -0.2) is 19.3 Å². The van der Waals surface area contributed by atoms with Crippen molar-refractivity contribution in [3.05, 3.63) is 59.7 Å². The van der Waals surface area contributed by atoms with Crippen molar-refractivity contribution in [2.24, 2.45) is 0 Å². The standard InChI is InChI=1S/C18H23NO2/c1-4-18(20)16-10-5-6-11-17(16)19(2)13-14-8-7-9-15(12-14)21-3/h5-12,18,20H,4,13H2,1-3H3/t18-/m1/s1. The number of methoxy groups -OCH3 is 1. The average Bonchev–Trinajstić information content (AvgIpc) is 2.54. The summed E-state index contributed by atoms with van der Waals surface area (Å²) in [7, 11) is 3.72. The van der Waals surface area contributed by atoms with Gasteiger partial charge in [-0.3, -0.25) is 0 Å². The van der Waals surface area contributed by atoms with Gasteiger partial charge in [0.05, 0.1) is 13.2 Å². The Balaban J connectivity index is 2.22. The van der Waals surface area contributed by atoms with Crippen LogP contribution in [0.25, 0.3) is 0 Å². The van der Waals surface area contributed by atoms with E-state index in [-0.39, 0.29) is 0 Å². The number of rotatable bonds is 6. The molecular weight excluding hydrogens is 262 g/mol. The van der Waals surface area contributed by atoms with Crippen LogP contribution in [0.1, 0.15) is 30.6 Å². The highest BCUT2D eigenvalue weighted by molar-refractivity contribution is 5.54. The fraction of sp³-hybridized carbons (Fsp3) is 0.333. The third kappa shape index (κ3) is 3.76. The van der Waals surface area contributed by atoms with Gasteiger partial charge < -0.3 is 14.7 Å². The van der Waals surface area contributed by atoms with E-state index >= 15 is 0 Å². The van der Waals surface area contributed by atoms with Crippen LogP contribution in [0.5, 0.6) is 5.75 Å². The van der Waals surface area contributed by atoms with Gasteiger partial charge in [0.15, 0.2) is 0 Å². The van der Waals surface area contributed by atoms with E-state index in [4.69, 9.17) is 4.74 Å². The van der Waals surface area contributed by atoms with E-state index < -0.39 is 6.10 Å². The smallest absolute Gasteiger partial charge is 0.119 e. The minimum Gasteiger partial charge on any atom is -0.497 e. The molecule has 0 aromatic heterocycles. The number of anilines is 1. The number of benzene rings is 2. The lowest BCUT2D eigenvalue weighted by Gasteiger charge is -2.24. The largest absolute Gasteiger partial charge is 0.497 e. The molecule has 0 saturated carbocycles. The average molecular weight is 285 g/mol. The van der Waals surface area contributed by atoms with Gasteiger partial charge in [-0.2, -0.15) is 0 Å². The van der Waals surface area contributed by atoms with Crippen molar-refractivity contribution < 1.29 is 9.84 Å². The monoisotopic (exact) mass is 285 g/mol. The Morgan fingerprint density at radius 3 is 2.62 bits per heavy atom. The third-order valence-corrected chi connectivity index (χ3v) is 3.65. The summed E-state index contributed by atoms with van der Waals surface area (Å²) in [6.45, 7) is 2.76. The van der Waals surface area contributed by atoms with Crippen molar-refractivity contribution in [2.45, 2.75) is 26.0 Å². The first-order valence-corrected chi connectivity index (χ1v) is 7.26. The Morgan fingerprint density at radius 2 is 1.90 bits per heavy atom. The van der Waals surface area contributed by atoms with Gasteiger partial charge in [-0.05, 0) is 30.2 Å². The molecule has 2 aromatic carbocycles. The second-order valence-corrected chi connectivity index (χ2v) is 5.19. The van der Waals surface area contributed by atoms with E-state index in [0.717, 1.165) is 23.5 Å². The molecule has 0 heterocycles. The minimum absolute atomic E-state index is 0.422. The van der Waals surface area contributed by atoms with E-state index in [0.29, 0.717) is 6.42 Å². The maximum Gasteiger partial charge on any atom is 0.119 e. The molecule has 2 rings (SSSR count). The van der Waals surface area contributed by atoms with Crippen LogP contribution in [0.3, 0.4) is 0 Å². The van der Waals surface area contributed by atoms with Crippen LogP contribution in [0, 0.1) is 0 Å². The molecule has 0 fully saturated rings. The molecule has 0 amide bonds. The summed E-state index contributed by atoms with van der Waals surface area (Å²) < 4.78 is 5.26. The molecule has 0 saturated heterocycles. The normalized spacial score (nSPS) is 12.0. The first-order chi connectivity index (χ1) is 10.2. The second kappa shape index (κ2) is 7.14. The molecule has 21 heavy (non-hydrogen) atoms. The highest BCUT2D eigenvalue weighted by Crippen LogP contribution is 2.28. The van der Waals surface area contributed by atoms with Gasteiger partial charge in [0.25, 0.3) is 0 Å². The molecule has 0 aliphatic carbocycles. The van der Waals surface area contributed by atoms with Crippen molar-refractivity contribution in [1.82, 2.24) is 0 Å². The quantitative estimate of drug-likeness (QED) is 0.877. The maximum atomic E-state index is 10.2. The maximum absolute atomic E-state index is 10.2. The first-order valence-electron chi connectivity index (χ1n) is 7.26. The van der Waals surface area contributed by atoms with Crippen LogP contribution in [0.4, 0.5) is 5.69 Å². The molecule has 3 nitrogen and oxygen atoms in total. The highest BCUT2D eigenvalue weighted by Gasteiger charge is 2.13. The number of aliphatic hydroxyl groups is 1. The Labute approximate surface area is 126 Å². The van der Waals surface area contributed by atoms with Crippen molar-refractivity contribution in [1.29, 1.82) is 0 Å².